The summed E-state index contributed by atoms with van der Waals surface area (Å²) in [5.41, 5.74) is 0. The molecule has 84 valence electrons. The van der Waals surface area contributed by atoms with Crippen LogP contribution in [0.5, 0.6) is 0 Å². The molecule has 0 N–H and O–H groups in total. The van der Waals surface area contributed by atoms with Gasteiger partial charge in [0.05, 0.1) is 0 Å². The van der Waals surface area contributed by atoms with Crippen LogP contribution in [0.1, 0.15) is 26.7 Å². The first kappa shape index (κ1) is 14.1. The van der Waals surface area contributed by atoms with Gasteiger partial charge in [-0.3, -0.25) is 0 Å². The number of hydrogen-bond donors (Lipinski definition) is 0. The number of fused-ring (bicyclic) bond motifs is 1. The van der Waals surface area contributed by atoms with Crippen LogP contribution >= 0.6 is 13.6 Å². The van der Waals surface area contributed by atoms with Gasteiger partial charge in [-0.15, -0.1) is 5.92 Å². The summed E-state index contributed by atoms with van der Waals surface area (Å²) in [6, 6.07) is 0. The monoisotopic (exact) mass is 326 g/mol. The first-order valence-corrected chi connectivity index (χ1v) is 12.5. The van der Waals surface area contributed by atoms with Crippen molar-refractivity contribution in [3.05, 3.63) is 6.92 Å². The van der Waals surface area contributed by atoms with Gasteiger partial charge < -0.3 is 16.4 Å². The summed E-state index contributed by atoms with van der Waals surface area (Å²) in [5.74, 6) is 1.52. The van der Waals surface area contributed by atoms with Crippen LogP contribution in [0.25, 0.3) is 0 Å². The molecule has 4 atom stereocenters. The molecule has 0 radical (unpaired) electrons. The fourth-order valence-electron chi connectivity index (χ4n) is 2.49. The van der Waals surface area contributed by atoms with Crippen LogP contribution in [0.4, 0.5) is 0 Å². The zero-order valence-electron chi connectivity index (χ0n) is 9.62. The number of rotatable bonds is 1. The molecule has 2 fully saturated rings. The Labute approximate surface area is 110 Å². The maximum atomic E-state index is 5.85. The van der Waals surface area contributed by atoms with E-state index in [-0.39, 0.29) is 6.29 Å². The van der Waals surface area contributed by atoms with E-state index in [2.05, 4.69) is 34.4 Å². The predicted octanol–water partition coefficient (Wildman–Crippen LogP) is 3.09. The Morgan fingerprint density at radius 2 is 2.07 bits per heavy atom. The molecule has 0 bridgehead atoms. The Morgan fingerprint density at radius 1 is 1.40 bits per heavy atom. The van der Waals surface area contributed by atoms with Gasteiger partial charge in [0.1, 0.15) is 0 Å². The van der Waals surface area contributed by atoms with Gasteiger partial charge in [-0.05, 0) is 24.7 Å². The Bertz CT molecular complexity index is 187. The number of halogens is 1. The molecular formula is C11H19BrO2Zn. The average Bonchev–Trinajstić information content (AvgIpc) is 2.60. The van der Waals surface area contributed by atoms with E-state index >= 15 is 0 Å². The van der Waals surface area contributed by atoms with Gasteiger partial charge >= 0.3 is 30.0 Å². The molecule has 4 heteroatoms. The molecule has 0 aromatic rings. The molecule has 0 aromatic heterocycles. The molecule has 15 heavy (non-hydrogen) atoms. The normalized spacial score (nSPS) is 39.7. The summed E-state index contributed by atoms with van der Waals surface area (Å²) in [4.78, 5) is 0. The summed E-state index contributed by atoms with van der Waals surface area (Å²) >= 11 is 4.25. The van der Waals surface area contributed by atoms with Crippen molar-refractivity contribution in [2.45, 2.75) is 39.1 Å². The molecule has 2 rings (SSSR count). The molecule has 2 saturated heterocycles. The van der Waals surface area contributed by atoms with E-state index in [9.17, 15) is 0 Å². The van der Waals surface area contributed by atoms with Gasteiger partial charge in [-0.1, -0.05) is 13.8 Å². The second kappa shape index (κ2) is 6.68. The first-order chi connectivity index (χ1) is 7.20. The topological polar surface area (TPSA) is 18.5 Å². The molecule has 0 saturated carbocycles. The molecule has 2 nitrogen and oxygen atoms in total. The Balaban J connectivity index is 0.000000531. The summed E-state index contributed by atoms with van der Waals surface area (Å²) in [5, 5.41) is 0. The Morgan fingerprint density at radius 3 is 2.60 bits per heavy atom. The number of hydrogen-bond acceptors (Lipinski definition) is 2. The van der Waals surface area contributed by atoms with Crippen molar-refractivity contribution in [3.63, 3.8) is 0 Å². The van der Waals surface area contributed by atoms with E-state index in [0.29, 0.717) is 23.9 Å². The van der Waals surface area contributed by atoms with E-state index < -0.39 is 0 Å². The Kier molecular flexibility index (Phi) is 6.28. The third-order valence-corrected chi connectivity index (χ3v) is 3.23. The standard InChI is InChI=1S/C11H19O2.BrH.Zn/c1-7(2)10-8(3)9-5-4-6-12-11(9)13-10;;/h7-11H,3-6H2,1-2H3;1H;/q-1;;+2/p-1/t8-,9-,10?,11+;;/m1../s1. The fourth-order valence-corrected chi connectivity index (χ4v) is 2.49. The molecule has 2 aliphatic rings. The summed E-state index contributed by atoms with van der Waals surface area (Å²) < 4.78 is 11.4. The van der Waals surface area contributed by atoms with Gasteiger partial charge in [0.2, 0.25) is 0 Å². The average molecular weight is 329 g/mol. The van der Waals surface area contributed by atoms with E-state index in [1.807, 2.05) is 0 Å². The van der Waals surface area contributed by atoms with Gasteiger partial charge in [0.15, 0.2) is 6.29 Å². The van der Waals surface area contributed by atoms with Crippen LogP contribution in [-0.2, 0) is 25.8 Å². The van der Waals surface area contributed by atoms with Crippen molar-refractivity contribution in [2.75, 3.05) is 6.61 Å². The van der Waals surface area contributed by atoms with Crippen LogP contribution in [0.2, 0.25) is 0 Å². The van der Waals surface area contributed by atoms with Gasteiger partial charge in [0, 0.05) is 12.7 Å². The van der Waals surface area contributed by atoms with E-state index in [0.717, 1.165) is 6.61 Å². The van der Waals surface area contributed by atoms with Gasteiger partial charge in [-0.25, -0.2) is 0 Å². The molecule has 0 aromatic carbocycles. The predicted molar refractivity (Wildman–Crippen MR) is 59.9 cm³/mol. The van der Waals surface area contributed by atoms with Crippen LogP contribution in [0.15, 0.2) is 0 Å². The van der Waals surface area contributed by atoms with Crippen LogP contribution in [-0.4, -0.2) is 19.0 Å². The zero-order valence-corrected chi connectivity index (χ0v) is 14.2. The third-order valence-electron chi connectivity index (χ3n) is 3.23. The molecule has 0 amide bonds. The maximum absolute atomic E-state index is 5.85. The first-order valence-electron chi connectivity index (χ1n) is 5.57. The van der Waals surface area contributed by atoms with Crippen molar-refractivity contribution < 1.29 is 25.8 Å². The van der Waals surface area contributed by atoms with Crippen molar-refractivity contribution >= 4 is 13.6 Å². The second-order valence-corrected chi connectivity index (χ2v) is 4.55. The fraction of sp³-hybridized carbons (Fsp3) is 0.909. The van der Waals surface area contributed by atoms with Crippen molar-refractivity contribution in [1.29, 1.82) is 0 Å². The van der Waals surface area contributed by atoms with E-state index in [1.165, 1.54) is 29.2 Å². The molecule has 2 aliphatic heterocycles. The molecule has 0 aliphatic carbocycles. The second-order valence-electron chi connectivity index (χ2n) is 4.55. The SMILES string of the molecule is [CH2-][C@H]1C(C(C)C)O[C@@H]2OCCC[C@@H]21.[Zn+][Br]. The van der Waals surface area contributed by atoms with Crippen molar-refractivity contribution in [3.8, 4) is 0 Å². The molecular weight excluding hydrogens is 309 g/mol. The van der Waals surface area contributed by atoms with Crippen LogP contribution < -0.4 is 0 Å². The quantitative estimate of drug-likeness (QED) is 0.544. The molecule has 2 heterocycles. The molecule has 0 spiro atoms. The van der Waals surface area contributed by atoms with Crippen molar-refractivity contribution in [2.24, 2.45) is 17.8 Å². The summed E-state index contributed by atoms with van der Waals surface area (Å²) in [6.45, 7) is 9.47. The van der Waals surface area contributed by atoms with E-state index in [4.69, 9.17) is 9.47 Å². The van der Waals surface area contributed by atoms with Gasteiger partial charge in [-0.2, -0.15) is 0 Å². The third kappa shape index (κ3) is 3.24. The molecule has 1 unspecified atom stereocenters. The van der Waals surface area contributed by atoms with Gasteiger partial charge in [0.25, 0.3) is 0 Å². The van der Waals surface area contributed by atoms with Crippen LogP contribution in [0, 0.1) is 24.7 Å². The Hall–Kier alpha value is 1.02. The van der Waals surface area contributed by atoms with E-state index in [1.54, 1.807) is 0 Å². The minimum atomic E-state index is 0.0450. The summed E-state index contributed by atoms with van der Waals surface area (Å²) in [6.07, 6.45) is 2.74. The summed E-state index contributed by atoms with van der Waals surface area (Å²) in [7, 11) is 0. The van der Waals surface area contributed by atoms with Crippen LogP contribution in [0.3, 0.4) is 0 Å². The minimum absolute atomic E-state index is 0.0450. The zero-order chi connectivity index (χ0) is 11.4. The van der Waals surface area contributed by atoms with Crippen molar-refractivity contribution in [1.82, 2.24) is 0 Å². The number of ether oxygens (including phenoxy) is 2.